The van der Waals surface area contributed by atoms with Crippen molar-refractivity contribution in [3.8, 4) is 0 Å². The Morgan fingerprint density at radius 1 is 0.970 bits per heavy atom. The highest BCUT2D eigenvalue weighted by molar-refractivity contribution is 5.82. The van der Waals surface area contributed by atoms with Crippen molar-refractivity contribution in [1.29, 1.82) is 0 Å². The number of hydrogen-bond acceptors (Lipinski definition) is 4. The summed E-state index contributed by atoms with van der Waals surface area (Å²) in [5.74, 6) is 3.65. The van der Waals surface area contributed by atoms with Gasteiger partial charge in [-0.3, -0.25) is 0 Å². The fraction of sp³-hybridized carbons (Fsp3) is 0.897. The Bertz CT molecular complexity index is 759. The molecule has 0 radical (unpaired) electrons. The Balaban J connectivity index is 1.57. The van der Waals surface area contributed by atoms with Gasteiger partial charge < -0.3 is 15.0 Å². The van der Waals surface area contributed by atoms with Gasteiger partial charge in [0.05, 0.1) is 0 Å². The largest absolute Gasteiger partial charge is 0.457 e. The van der Waals surface area contributed by atoms with Crippen molar-refractivity contribution in [2.75, 3.05) is 21.1 Å². The molecule has 0 bridgehead atoms. The molecule has 33 heavy (non-hydrogen) atoms. The van der Waals surface area contributed by atoms with Crippen LogP contribution in [0.15, 0.2) is 11.6 Å². The molecule has 4 heteroatoms. The predicted octanol–water partition coefficient (Wildman–Crippen LogP) is 5.67. The van der Waals surface area contributed by atoms with Gasteiger partial charge in [-0.05, 0) is 128 Å². The molecule has 1 N–H and O–H groups in total. The maximum absolute atomic E-state index is 12.7. The number of nitrogens with zero attached hydrogens (tertiary/aromatic N) is 1. The molecular formula is C29H50N2O2. The first-order valence-corrected chi connectivity index (χ1v) is 13.7. The molecular weight excluding hydrogens is 408 g/mol. The summed E-state index contributed by atoms with van der Waals surface area (Å²) < 4.78 is 6.22. The van der Waals surface area contributed by atoms with E-state index < -0.39 is 0 Å². The van der Waals surface area contributed by atoms with Crippen molar-refractivity contribution in [1.82, 2.24) is 10.2 Å². The van der Waals surface area contributed by atoms with E-state index in [4.69, 9.17) is 4.74 Å². The monoisotopic (exact) mass is 458 g/mol. The highest BCUT2D eigenvalue weighted by Crippen LogP contribution is 2.68. The van der Waals surface area contributed by atoms with Crippen molar-refractivity contribution < 1.29 is 9.53 Å². The molecule has 4 saturated carbocycles. The molecule has 0 aromatic carbocycles. The van der Waals surface area contributed by atoms with Crippen LogP contribution in [0, 0.1) is 40.4 Å². The van der Waals surface area contributed by atoms with Gasteiger partial charge >= 0.3 is 5.97 Å². The van der Waals surface area contributed by atoms with Crippen molar-refractivity contribution in [3.63, 3.8) is 0 Å². The van der Waals surface area contributed by atoms with Crippen molar-refractivity contribution in [2.24, 2.45) is 40.4 Å². The number of carbonyl (C=O) groups excluding carboxylic acids is 1. The summed E-state index contributed by atoms with van der Waals surface area (Å²) in [5, 5.41) is 3.50. The first-order valence-electron chi connectivity index (χ1n) is 13.7. The Kier molecular flexibility index (Phi) is 7.11. The maximum Gasteiger partial charge on any atom is 0.331 e. The molecule has 10 unspecified atom stereocenters. The average Bonchev–Trinajstić information content (AvgIpc) is 3.09. The molecule has 0 spiro atoms. The number of ether oxygens (including phenoxy) is 1. The molecule has 4 fully saturated rings. The van der Waals surface area contributed by atoms with Crippen LogP contribution in [0.25, 0.3) is 0 Å². The summed E-state index contributed by atoms with van der Waals surface area (Å²) in [4.78, 5) is 15.1. The molecule has 0 amide bonds. The number of fused-ring (bicyclic) bond motifs is 5. The van der Waals surface area contributed by atoms with Crippen LogP contribution in [-0.4, -0.2) is 50.2 Å². The summed E-state index contributed by atoms with van der Waals surface area (Å²) in [6.45, 7) is 11.6. The summed E-state index contributed by atoms with van der Waals surface area (Å²) in [7, 11) is 6.56. The van der Waals surface area contributed by atoms with Crippen LogP contribution in [0.3, 0.4) is 0 Å². The number of likely N-dealkylation sites (N-methyl/N-ethyl adjacent to an activating group) is 1. The van der Waals surface area contributed by atoms with Crippen LogP contribution in [0.4, 0.5) is 0 Å². The molecule has 0 aromatic heterocycles. The number of nitrogens with one attached hydrogen (secondary N) is 1. The van der Waals surface area contributed by atoms with Crippen LogP contribution in [0.1, 0.15) is 86.0 Å². The van der Waals surface area contributed by atoms with E-state index in [0.717, 1.165) is 35.7 Å². The number of esters is 1. The van der Waals surface area contributed by atoms with Gasteiger partial charge in [0, 0.05) is 24.1 Å². The van der Waals surface area contributed by atoms with Crippen molar-refractivity contribution in [2.45, 2.75) is 104 Å². The Labute approximate surface area is 203 Å². The molecule has 10 atom stereocenters. The lowest BCUT2D eigenvalue weighted by atomic mass is 9.44. The van der Waals surface area contributed by atoms with E-state index in [1.807, 2.05) is 20.9 Å². The zero-order valence-corrected chi connectivity index (χ0v) is 22.6. The van der Waals surface area contributed by atoms with Crippen LogP contribution in [0.2, 0.25) is 0 Å². The van der Waals surface area contributed by atoms with Gasteiger partial charge in [0.25, 0.3) is 0 Å². The summed E-state index contributed by atoms with van der Waals surface area (Å²) >= 11 is 0. The lowest BCUT2D eigenvalue weighted by molar-refractivity contribution is -0.177. The lowest BCUT2D eigenvalue weighted by Crippen LogP contribution is -2.61. The van der Waals surface area contributed by atoms with Gasteiger partial charge in [-0.1, -0.05) is 19.4 Å². The third kappa shape index (κ3) is 4.22. The standard InChI is InChI=1S/C29H50N2O2/c1-18(2)17-26(32)33-27-24-10-9-20-22-12-11-21(19(3)31(7)8)28(22,4)15-13-23(20)29(24,5)16-14-25(27)30-6/h17,19-25,27,30H,9-16H2,1-8H3. The van der Waals surface area contributed by atoms with Gasteiger partial charge in [0.15, 0.2) is 0 Å². The second-order valence-corrected chi connectivity index (χ2v) is 13.1. The molecule has 0 aromatic rings. The first kappa shape index (κ1) is 25.2. The van der Waals surface area contributed by atoms with E-state index in [0.29, 0.717) is 22.8 Å². The quantitative estimate of drug-likeness (QED) is 0.426. The zero-order valence-electron chi connectivity index (χ0n) is 22.6. The first-order chi connectivity index (χ1) is 15.5. The van der Waals surface area contributed by atoms with Crippen LogP contribution in [0.5, 0.6) is 0 Å². The average molecular weight is 459 g/mol. The third-order valence-electron chi connectivity index (χ3n) is 11.2. The number of carbonyl (C=O) groups is 1. The minimum absolute atomic E-state index is 0.00352. The highest BCUT2D eigenvalue weighted by atomic mass is 16.5. The smallest absolute Gasteiger partial charge is 0.331 e. The Morgan fingerprint density at radius 2 is 1.61 bits per heavy atom. The predicted molar refractivity (Wildman–Crippen MR) is 136 cm³/mol. The molecule has 0 heterocycles. The van der Waals surface area contributed by atoms with Gasteiger partial charge in [0.2, 0.25) is 0 Å². The molecule has 0 saturated heterocycles. The van der Waals surface area contributed by atoms with Gasteiger partial charge in [-0.25, -0.2) is 4.79 Å². The normalized spacial score (nSPS) is 45.5. The van der Waals surface area contributed by atoms with Gasteiger partial charge in [-0.2, -0.15) is 0 Å². The van der Waals surface area contributed by atoms with E-state index in [9.17, 15) is 4.79 Å². The van der Waals surface area contributed by atoms with E-state index in [1.165, 1.54) is 44.9 Å². The van der Waals surface area contributed by atoms with Crippen LogP contribution in [-0.2, 0) is 9.53 Å². The SMILES string of the molecule is CNC1CCC2(C)C3CCC4(C)C(CCC4C(C)N(C)C)C3CCC2C1OC(=O)C=C(C)C. The molecule has 188 valence electrons. The van der Waals surface area contributed by atoms with Gasteiger partial charge in [0.1, 0.15) is 6.10 Å². The molecule has 4 nitrogen and oxygen atoms in total. The third-order valence-corrected chi connectivity index (χ3v) is 11.2. The van der Waals surface area contributed by atoms with Crippen LogP contribution < -0.4 is 5.32 Å². The number of allylic oxidation sites excluding steroid dienone is 1. The van der Waals surface area contributed by atoms with E-state index >= 15 is 0 Å². The highest BCUT2D eigenvalue weighted by Gasteiger charge is 2.62. The second kappa shape index (κ2) is 9.30. The summed E-state index contributed by atoms with van der Waals surface area (Å²) in [6, 6.07) is 0.938. The van der Waals surface area contributed by atoms with Crippen molar-refractivity contribution >= 4 is 5.97 Å². The van der Waals surface area contributed by atoms with E-state index in [-0.39, 0.29) is 18.1 Å². The molecule has 4 rings (SSSR count). The Morgan fingerprint density at radius 3 is 2.24 bits per heavy atom. The summed E-state index contributed by atoms with van der Waals surface area (Å²) in [6.07, 6.45) is 12.1. The van der Waals surface area contributed by atoms with Crippen LogP contribution >= 0.6 is 0 Å². The second-order valence-electron chi connectivity index (χ2n) is 13.1. The topological polar surface area (TPSA) is 41.6 Å². The number of hydrogen-bond donors (Lipinski definition) is 1. The molecule has 4 aliphatic carbocycles. The molecule has 4 aliphatic rings. The van der Waals surface area contributed by atoms with E-state index in [2.05, 4.69) is 45.1 Å². The minimum atomic E-state index is -0.154. The van der Waals surface area contributed by atoms with E-state index in [1.54, 1.807) is 6.08 Å². The number of rotatable bonds is 5. The fourth-order valence-electron chi connectivity index (χ4n) is 9.38. The minimum Gasteiger partial charge on any atom is -0.457 e. The maximum atomic E-state index is 12.7. The van der Waals surface area contributed by atoms with Gasteiger partial charge in [-0.15, -0.1) is 0 Å². The van der Waals surface area contributed by atoms with Crippen molar-refractivity contribution in [3.05, 3.63) is 11.6 Å². The summed E-state index contributed by atoms with van der Waals surface area (Å²) in [5.41, 5.74) is 1.79. The fourth-order valence-corrected chi connectivity index (χ4v) is 9.38. The Hall–Kier alpha value is -0.870. The zero-order chi connectivity index (χ0) is 24.1. The lowest BCUT2D eigenvalue weighted by Gasteiger charge is -2.62. The molecule has 0 aliphatic heterocycles.